The van der Waals surface area contributed by atoms with Gasteiger partial charge in [-0.1, -0.05) is 54.6 Å². The van der Waals surface area contributed by atoms with E-state index in [9.17, 15) is 18.0 Å². The van der Waals surface area contributed by atoms with Gasteiger partial charge in [0.15, 0.2) is 0 Å². The van der Waals surface area contributed by atoms with Crippen LogP contribution in [0.3, 0.4) is 0 Å². The van der Waals surface area contributed by atoms with E-state index in [1.165, 1.54) is 0 Å². The molecule has 134 valence electrons. The van der Waals surface area contributed by atoms with Gasteiger partial charge >= 0.3 is 6.18 Å². The van der Waals surface area contributed by atoms with Crippen LogP contribution in [-0.4, -0.2) is 41.0 Å². The van der Waals surface area contributed by atoms with E-state index in [0.29, 0.717) is 5.56 Å². The Bertz CT molecular complexity index is 699. The number of hydrogen-bond acceptors (Lipinski definition) is 4. The van der Waals surface area contributed by atoms with Crippen molar-refractivity contribution in [2.24, 2.45) is 0 Å². The summed E-state index contributed by atoms with van der Waals surface area (Å²) < 4.78 is 44.3. The zero-order valence-electron chi connectivity index (χ0n) is 13.2. The number of aliphatic hydroxyl groups is 2. The Morgan fingerprint density at radius 3 is 1.96 bits per heavy atom. The molecule has 2 aromatic rings. The van der Waals surface area contributed by atoms with E-state index in [-0.39, 0.29) is 0 Å². The maximum Gasteiger partial charge on any atom is 0.427 e. The minimum atomic E-state index is -5.15. The van der Waals surface area contributed by atoms with Crippen LogP contribution in [0.25, 0.3) is 11.1 Å². The van der Waals surface area contributed by atoms with Crippen molar-refractivity contribution in [3.8, 4) is 11.1 Å². The van der Waals surface area contributed by atoms with Crippen LogP contribution in [0.4, 0.5) is 13.2 Å². The lowest BCUT2D eigenvalue weighted by Crippen LogP contribution is -2.58. The summed E-state index contributed by atoms with van der Waals surface area (Å²) in [6, 6.07) is 16.0. The van der Waals surface area contributed by atoms with Crippen LogP contribution in [0.2, 0.25) is 0 Å². The molecule has 1 atom stereocenters. The lowest BCUT2D eigenvalue weighted by Gasteiger charge is -2.32. The molecule has 2 aromatic carbocycles. The molecular weight excluding hydrogens is 337 g/mol. The predicted octanol–water partition coefficient (Wildman–Crippen LogP) is 2.73. The molecule has 1 unspecified atom stereocenters. The summed E-state index contributed by atoms with van der Waals surface area (Å²) in [6.07, 6.45) is -5.15. The number of hydrogen-bond donors (Lipinski definition) is 2. The summed E-state index contributed by atoms with van der Waals surface area (Å²) in [7, 11) is 0. The maximum absolute atomic E-state index is 13.2. The van der Waals surface area contributed by atoms with Crippen LogP contribution in [-0.2, 0) is 16.1 Å². The Morgan fingerprint density at radius 2 is 1.48 bits per heavy atom. The highest BCUT2D eigenvalue weighted by molar-refractivity contribution is 5.89. The SMILES string of the molecule is O=C(CO)C(CO)(OCc1ccc(-c2ccccc2)cc1)C(F)(F)F. The predicted molar refractivity (Wildman–Crippen MR) is 84.6 cm³/mol. The van der Waals surface area contributed by atoms with Crippen molar-refractivity contribution in [3.05, 3.63) is 60.2 Å². The Kier molecular flexibility index (Phi) is 5.94. The molecule has 2 rings (SSSR count). The van der Waals surface area contributed by atoms with Gasteiger partial charge in [-0.25, -0.2) is 0 Å². The van der Waals surface area contributed by atoms with E-state index >= 15 is 0 Å². The number of aliphatic hydroxyl groups excluding tert-OH is 2. The van der Waals surface area contributed by atoms with Crippen molar-refractivity contribution in [1.82, 2.24) is 0 Å². The van der Waals surface area contributed by atoms with Gasteiger partial charge in [-0.15, -0.1) is 0 Å². The molecule has 7 heteroatoms. The van der Waals surface area contributed by atoms with Crippen LogP contribution < -0.4 is 0 Å². The number of benzene rings is 2. The lowest BCUT2D eigenvalue weighted by atomic mass is 9.98. The number of Topliss-reactive ketones (excluding diaryl/α,β-unsaturated/α-hetero) is 1. The van der Waals surface area contributed by atoms with Gasteiger partial charge in [0, 0.05) is 0 Å². The Morgan fingerprint density at radius 1 is 0.920 bits per heavy atom. The van der Waals surface area contributed by atoms with Crippen LogP contribution in [0.1, 0.15) is 5.56 Å². The number of ether oxygens (including phenoxy) is 1. The van der Waals surface area contributed by atoms with Gasteiger partial charge in [0.25, 0.3) is 0 Å². The number of alkyl halides is 3. The molecule has 25 heavy (non-hydrogen) atoms. The molecule has 0 aromatic heterocycles. The largest absolute Gasteiger partial charge is 0.427 e. The van der Waals surface area contributed by atoms with E-state index in [2.05, 4.69) is 0 Å². The Hall–Kier alpha value is -2.22. The summed E-state index contributed by atoms with van der Waals surface area (Å²) >= 11 is 0. The molecule has 0 amide bonds. The second kappa shape index (κ2) is 7.77. The second-order valence-electron chi connectivity index (χ2n) is 5.42. The second-order valence-corrected chi connectivity index (χ2v) is 5.42. The topological polar surface area (TPSA) is 66.8 Å². The quantitative estimate of drug-likeness (QED) is 0.802. The van der Waals surface area contributed by atoms with E-state index in [4.69, 9.17) is 14.9 Å². The zero-order chi connectivity index (χ0) is 18.5. The summed E-state index contributed by atoms with van der Waals surface area (Å²) in [5.41, 5.74) is -1.21. The van der Waals surface area contributed by atoms with E-state index in [1.807, 2.05) is 30.3 Å². The minimum Gasteiger partial charge on any atom is -0.393 e. The normalized spacial score (nSPS) is 14.1. The number of ketones is 1. The Labute approximate surface area is 142 Å². The highest BCUT2D eigenvalue weighted by Crippen LogP contribution is 2.35. The summed E-state index contributed by atoms with van der Waals surface area (Å²) in [6.45, 7) is -3.52. The van der Waals surface area contributed by atoms with Gasteiger partial charge in [-0.05, 0) is 16.7 Å². The molecule has 4 nitrogen and oxygen atoms in total. The monoisotopic (exact) mass is 354 g/mol. The van der Waals surface area contributed by atoms with E-state index in [1.54, 1.807) is 24.3 Å². The molecule has 0 aliphatic heterocycles. The molecule has 0 radical (unpaired) electrons. The maximum atomic E-state index is 13.2. The fraction of sp³-hybridized carbons (Fsp3) is 0.278. The van der Waals surface area contributed by atoms with Crippen LogP contribution in [0.5, 0.6) is 0 Å². The van der Waals surface area contributed by atoms with Crippen LogP contribution >= 0.6 is 0 Å². The van der Waals surface area contributed by atoms with Crippen LogP contribution in [0, 0.1) is 0 Å². The first-order valence-corrected chi connectivity index (χ1v) is 7.44. The molecule has 0 saturated carbocycles. The summed E-state index contributed by atoms with van der Waals surface area (Å²) in [4.78, 5) is 11.5. The number of carbonyl (C=O) groups is 1. The van der Waals surface area contributed by atoms with Gasteiger partial charge in [-0.3, -0.25) is 4.79 Å². The van der Waals surface area contributed by atoms with E-state index in [0.717, 1.165) is 11.1 Å². The lowest BCUT2D eigenvalue weighted by molar-refractivity contribution is -0.279. The van der Waals surface area contributed by atoms with Gasteiger partial charge in [-0.2, -0.15) is 13.2 Å². The van der Waals surface area contributed by atoms with Crippen LogP contribution in [0.15, 0.2) is 54.6 Å². The smallest absolute Gasteiger partial charge is 0.393 e. The highest BCUT2D eigenvalue weighted by Gasteiger charge is 2.61. The fourth-order valence-corrected chi connectivity index (χ4v) is 2.30. The van der Waals surface area contributed by atoms with Crippen molar-refractivity contribution in [2.75, 3.05) is 13.2 Å². The average molecular weight is 354 g/mol. The fourth-order valence-electron chi connectivity index (χ4n) is 2.30. The Balaban J connectivity index is 2.17. The molecular formula is C18H17F3O4. The van der Waals surface area contributed by atoms with Crippen molar-refractivity contribution >= 4 is 5.78 Å². The zero-order valence-corrected chi connectivity index (χ0v) is 13.2. The summed E-state index contributed by atoms with van der Waals surface area (Å²) in [5, 5.41) is 17.9. The minimum absolute atomic E-state index is 0.396. The molecule has 0 bridgehead atoms. The number of halogens is 3. The van der Waals surface area contributed by atoms with Crippen molar-refractivity contribution in [3.63, 3.8) is 0 Å². The third-order valence-corrected chi connectivity index (χ3v) is 3.82. The summed E-state index contributed by atoms with van der Waals surface area (Å²) in [5.74, 6) is -1.64. The number of carbonyl (C=O) groups excluding carboxylic acids is 1. The van der Waals surface area contributed by atoms with Gasteiger partial charge < -0.3 is 14.9 Å². The van der Waals surface area contributed by atoms with E-state index < -0.39 is 37.4 Å². The third-order valence-electron chi connectivity index (χ3n) is 3.82. The standard InChI is InChI=1S/C18H17F3O4/c19-18(20,21)17(12-23,16(24)10-22)25-11-13-6-8-15(9-7-13)14-4-2-1-3-5-14/h1-9,22-23H,10-12H2. The highest BCUT2D eigenvalue weighted by atomic mass is 19.4. The molecule has 0 fully saturated rings. The van der Waals surface area contributed by atoms with Crippen molar-refractivity contribution in [2.45, 2.75) is 18.4 Å². The van der Waals surface area contributed by atoms with Crippen molar-refractivity contribution < 1.29 is 32.9 Å². The average Bonchev–Trinajstić information content (AvgIpc) is 2.62. The third kappa shape index (κ3) is 4.07. The number of rotatable bonds is 7. The van der Waals surface area contributed by atoms with Crippen molar-refractivity contribution in [1.29, 1.82) is 0 Å². The molecule has 0 heterocycles. The van der Waals surface area contributed by atoms with Gasteiger partial charge in [0.2, 0.25) is 11.4 Å². The first-order chi connectivity index (χ1) is 11.8. The van der Waals surface area contributed by atoms with Gasteiger partial charge in [0.1, 0.15) is 6.61 Å². The first kappa shape index (κ1) is 19.1. The molecule has 0 aliphatic carbocycles. The van der Waals surface area contributed by atoms with Gasteiger partial charge in [0.05, 0.1) is 13.2 Å². The first-order valence-electron chi connectivity index (χ1n) is 7.44. The molecule has 0 aliphatic rings. The molecule has 2 N–H and O–H groups in total. The molecule has 0 spiro atoms. The molecule has 0 saturated heterocycles.